The smallest absolute Gasteiger partial charge is 0.326 e. The first-order chi connectivity index (χ1) is 33.0. The number of nitrogens with zero attached hydrogens (tertiary/aromatic N) is 3. The standard InChI is InChI=1S/C53H80N6O10/c1-9-34(4)47(44(67-7)31-45(61)59-26-17-20-43(59)49(68-8)35(5)50(62)55-42(53(65)66)28-36-18-13-12-14-19-36)57(6)52(64)46(33(2)3)56-51(63)48-37-21-23-39(29-37)58(48)25-15-10-11-16-27-69-40-24-22-38(32-60)41(54)30-40/h12-14,18-19,22,24,30,32-35,37,39,42-44,46-49H,9-11,15-17,20-21,23,25-29,31,54H2,1-8H3,(H,55,62)(H,56,63)(H,65,66)/t34?,35?,37-,39+,42?,43-,44?,46?,47?,48-,49?/m0/s1. The first kappa shape index (κ1) is 54.9. The highest BCUT2D eigenvalue weighted by Gasteiger charge is 2.50. The minimum atomic E-state index is -1.14. The van der Waals surface area contributed by atoms with Crippen LogP contribution in [0.25, 0.3) is 0 Å². The molecule has 2 bridgehead atoms. The normalized spacial score (nSPS) is 22.0. The number of ether oxygens (including phenoxy) is 3. The molecule has 2 heterocycles. The molecule has 69 heavy (non-hydrogen) atoms. The molecule has 5 rings (SSSR count). The van der Waals surface area contributed by atoms with E-state index in [1.165, 1.54) is 7.11 Å². The number of unbranched alkanes of at least 4 members (excludes halogenated alkanes) is 3. The van der Waals surface area contributed by atoms with Crippen molar-refractivity contribution in [3.8, 4) is 5.75 Å². The van der Waals surface area contributed by atoms with Gasteiger partial charge in [-0.25, -0.2) is 4.79 Å². The summed E-state index contributed by atoms with van der Waals surface area (Å²) in [5.41, 5.74) is 7.54. The summed E-state index contributed by atoms with van der Waals surface area (Å²) in [5.74, 6) is -2.31. The third-order valence-electron chi connectivity index (χ3n) is 15.1. The topological polar surface area (TPSA) is 210 Å². The first-order valence-electron chi connectivity index (χ1n) is 25.3. The summed E-state index contributed by atoms with van der Waals surface area (Å²) in [7, 11) is 4.80. The number of carboxylic acid groups (broad SMARTS) is 1. The number of aldehydes is 1. The van der Waals surface area contributed by atoms with E-state index < -0.39 is 54.2 Å². The SMILES string of the molecule is CCC(C)C(C(CC(=O)N1CCC[C@H]1C(OC)C(C)C(=O)NC(Cc1ccccc1)C(=O)O)OC)N(C)C(=O)C(NC(=O)[C@@H]1[C@H]2CC[C@H](C2)N1CCCCCCOc1ccc(C=O)c(N)c1)C(C)C. The first-order valence-corrected chi connectivity index (χ1v) is 25.3. The monoisotopic (exact) mass is 961 g/mol. The van der Waals surface area contributed by atoms with Gasteiger partial charge in [0.2, 0.25) is 23.6 Å². The van der Waals surface area contributed by atoms with Crippen LogP contribution in [0.1, 0.15) is 121 Å². The molecule has 2 aliphatic heterocycles. The second-order valence-corrected chi connectivity index (χ2v) is 20.0. The highest BCUT2D eigenvalue weighted by molar-refractivity contribution is 5.91. The molecular weight excluding hydrogens is 881 g/mol. The van der Waals surface area contributed by atoms with Gasteiger partial charge < -0.3 is 45.5 Å². The van der Waals surface area contributed by atoms with Gasteiger partial charge in [0, 0.05) is 57.6 Å². The summed E-state index contributed by atoms with van der Waals surface area (Å²) in [5, 5.41) is 15.9. The van der Waals surface area contributed by atoms with E-state index in [9.17, 15) is 33.9 Å². The summed E-state index contributed by atoms with van der Waals surface area (Å²) in [4.78, 5) is 86.1. The number of hydrogen-bond acceptors (Lipinski definition) is 11. The number of likely N-dealkylation sites (N-methyl/N-ethyl adjacent to an activating group) is 1. The Labute approximate surface area is 409 Å². The highest BCUT2D eigenvalue weighted by Crippen LogP contribution is 2.43. The number of fused-ring (bicyclic) bond motifs is 2. The maximum Gasteiger partial charge on any atom is 0.326 e. The van der Waals surface area contributed by atoms with Crippen LogP contribution in [0.3, 0.4) is 0 Å². The lowest BCUT2D eigenvalue weighted by atomic mass is 9.89. The summed E-state index contributed by atoms with van der Waals surface area (Å²) in [6, 6.07) is 11.4. The van der Waals surface area contributed by atoms with Crippen LogP contribution >= 0.6 is 0 Å². The second kappa shape index (κ2) is 26.2. The molecule has 2 aromatic carbocycles. The number of hydrogen-bond donors (Lipinski definition) is 4. The number of piperidine rings is 1. The summed E-state index contributed by atoms with van der Waals surface area (Å²) >= 11 is 0. The largest absolute Gasteiger partial charge is 0.494 e. The Balaban J connectivity index is 1.19. The second-order valence-electron chi connectivity index (χ2n) is 20.0. The van der Waals surface area contributed by atoms with Gasteiger partial charge >= 0.3 is 5.97 Å². The van der Waals surface area contributed by atoms with Crippen molar-refractivity contribution in [1.29, 1.82) is 0 Å². The van der Waals surface area contributed by atoms with Crippen molar-refractivity contribution < 1.29 is 48.1 Å². The Kier molecular flexibility index (Phi) is 20.9. The number of nitrogen functional groups attached to an aromatic ring is 1. The third-order valence-corrected chi connectivity index (χ3v) is 15.1. The predicted octanol–water partition coefficient (Wildman–Crippen LogP) is 5.75. The number of amides is 4. The lowest BCUT2D eigenvalue weighted by molar-refractivity contribution is -0.148. The van der Waals surface area contributed by atoms with Gasteiger partial charge in [-0.05, 0) is 86.9 Å². The molecule has 3 aliphatic rings. The third kappa shape index (κ3) is 14.1. The zero-order valence-electron chi connectivity index (χ0n) is 42.3. The molecule has 5 N–H and O–H groups in total. The molecule has 2 aromatic rings. The molecule has 1 aliphatic carbocycles. The maximum atomic E-state index is 14.7. The average molecular weight is 961 g/mol. The van der Waals surface area contributed by atoms with E-state index in [4.69, 9.17) is 19.9 Å². The molecule has 1 saturated carbocycles. The van der Waals surface area contributed by atoms with E-state index in [1.807, 2.05) is 58.0 Å². The lowest BCUT2D eigenvalue weighted by Crippen LogP contribution is -2.60. The van der Waals surface area contributed by atoms with E-state index in [-0.39, 0.29) is 54.4 Å². The van der Waals surface area contributed by atoms with Crippen LogP contribution in [0.2, 0.25) is 0 Å². The average Bonchev–Trinajstić information content (AvgIpc) is 4.10. The summed E-state index contributed by atoms with van der Waals surface area (Å²) < 4.78 is 17.9. The summed E-state index contributed by atoms with van der Waals surface area (Å²) in [6.45, 7) is 11.5. The molecule has 2 saturated heterocycles. The van der Waals surface area contributed by atoms with Crippen molar-refractivity contribution in [3.63, 3.8) is 0 Å². The van der Waals surface area contributed by atoms with Crippen LogP contribution in [0.5, 0.6) is 5.75 Å². The number of carbonyl (C=O) groups is 6. The Morgan fingerprint density at radius 2 is 1.67 bits per heavy atom. The van der Waals surface area contributed by atoms with Crippen molar-refractivity contribution in [1.82, 2.24) is 25.3 Å². The highest BCUT2D eigenvalue weighted by atomic mass is 16.5. The van der Waals surface area contributed by atoms with Crippen LogP contribution < -0.4 is 21.1 Å². The molecule has 7 unspecified atom stereocenters. The molecule has 382 valence electrons. The number of carbonyl (C=O) groups excluding carboxylic acids is 5. The molecule has 0 aromatic heterocycles. The van der Waals surface area contributed by atoms with Crippen molar-refractivity contribution >= 4 is 41.6 Å². The van der Waals surface area contributed by atoms with Crippen molar-refractivity contribution in [2.75, 3.05) is 46.7 Å². The zero-order valence-corrected chi connectivity index (χ0v) is 42.3. The zero-order chi connectivity index (χ0) is 50.4. The lowest BCUT2D eigenvalue weighted by Gasteiger charge is -2.41. The van der Waals surface area contributed by atoms with Gasteiger partial charge in [0.15, 0.2) is 6.29 Å². The Morgan fingerprint density at radius 1 is 0.942 bits per heavy atom. The quantitative estimate of drug-likeness (QED) is 0.0457. The number of methoxy groups -OCH3 is 2. The summed E-state index contributed by atoms with van der Waals surface area (Å²) in [6.07, 6.45) is 8.26. The number of carboxylic acids is 1. The van der Waals surface area contributed by atoms with Crippen LogP contribution in [-0.2, 0) is 39.9 Å². The maximum absolute atomic E-state index is 14.7. The number of nitrogens with one attached hydrogen (secondary N) is 2. The van der Waals surface area contributed by atoms with E-state index in [1.54, 1.807) is 49.1 Å². The van der Waals surface area contributed by atoms with E-state index in [2.05, 4.69) is 15.5 Å². The van der Waals surface area contributed by atoms with Crippen LogP contribution in [0.4, 0.5) is 5.69 Å². The minimum absolute atomic E-state index is 0.0218. The van der Waals surface area contributed by atoms with E-state index in [0.29, 0.717) is 55.5 Å². The van der Waals surface area contributed by atoms with Crippen LogP contribution in [-0.4, -0.2) is 145 Å². The van der Waals surface area contributed by atoms with E-state index >= 15 is 0 Å². The molecular formula is C53H80N6O10. The van der Waals surface area contributed by atoms with Crippen molar-refractivity contribution in [2.24, 2.45) is 23.7 Å². The fourth-order valence-electron chi connectivity index (χ4n) is 11.1. The predicted molar refractivity (Wildman–Crippen MR) is 264 cm³/mol. The minimum Gasteiger partial charge on any atom is -0.494 e. The molecule has 0 spiro atoms. The molecule has 11 atom stereocenters. The van der Waals surface area contributed by atoms with Gasteiger partial charge in [-0.3, -0.25) is 28.9 Å². The number of likely N-dealkylation sites (tertiary alicyclic amines) is 2. The number of anilines is 1. The van der Waals surface area contributed by atoms with Gasteiger partial charge in [0.05, 0.1) is 49.3 Å². The molecule has 4 amide bonds. The van der Waals surface area contributed by atoms with Crippen LogP contribution in [0.15, 0.2) is 48.5 Å². The molecule has 16 heteroatoms. The molecule has 0 radical (unpaired) electrons. The van der Waals surface area contributed by atoms with Crippen molar-refractivity contribution in [3.05, 3.63) is 59.7 Å². The molecule has 16 nitrogen and oxygen atoms in total. The number of nitrogens with two attached hydrogens (primary N) is 1. The van der Waals surface area contributed by atoms with E-state index in [0.717, 1.165) is 63.3 Å². The number of rotatable bonds is 28. The van der Waals surface area contributed by atoms with Crippen LogP contribution in [0, 0.1) is 23.7 Å². The van der Waals surface area contributed by atoms with Crippen molar-refractivity contribution in [2.45, 2.75) is 160 Å². The molecule has 3 fully saturated rings. The van der Waals surface area contributed by atoms with Gasteiger partial charge in [0.1, 0.15) is 17.8 Å². The number of benzene rings is 2. The Hall–Kier alpha value is -5.06. The van der Waals surface area contributed by atoms with Gasteiger partial charge in [-0.1, -0.05) is 84.2 Å². The van der Waals surface area contributed by atoms with Gasteiger partial charge in [-0.15, -0.1) is 0 Å². The van der Waals surface area contributed by atoms with Gasteiger partial charge in [0.25, 0.3) is 0 Å². The fourth-order valence-corrected chi connectivity index (χ4v) is 11.1. The Bertz CT molecular complexity index is 2020. The van der Waals surface area contributed by atoms with Gasteiger partial charge in [-0.2, -0.15) is 0 Å². The Morgan fingerprint density at radius 3 is 2.30 bits per heavy atom. The number of aliphatic carboxylic acids is 1. The fraction of sp³-hybridized carbons (Fsp3) is 0.660.